The summed E-state index contributed by atoms with van der Waals surface area (Å²) >= 11 is 3.23. The van der Waals surface area contributed by atoms with Crippen molar-refractivity contribution in [1.29, 1.82) is 0 Å². The summed E-state index contributed by atoms with van der Waals surface area (Å²) in [6.07, 6.45) is 0.761. The Kier molecular flexibility index (Phi) is 4.75. The fraction of sp³-hybridized carbons (Fsp3) is 0.625. The van der Waals surface area contributed by atoms with Crippen molar-refractivity contribution in [1.82, 2.24) is 9.88 Å². The third kappa shape index (κ3) is 4.76. The van der Waals surface area contributed by atoms with Crippen molar-refractivity contribution in [3.63, 3.8) is 0 Å². The van der Waals surface area contributed by atoms with Crippen molar-refractivity contribution < 1.29 is 12.9 Å². The van der Waals surface area contributed by atoms with Gasteiger partial charge in [-0.3, -0.25) is 0 Å². The van der Waals surface area contributed by atoms with Gasteiger partial charge in [0.2, 0.25) is 10.0 Å². The van der Waals surface area contributed by atoms with Crippen LogP contribution in [0.15, 0.2) is 10.6 Å². The molecule has 0 aromatic carbocycles. The lowest BCUT2D eigenvalue weighted by Gasteiger charge is -2.02. The molecule has 0 saturated carbocycles. The van der Waals surface area contributed by atoms with Crippen molar-refractivity contribution in [3.05, 3.63) is 17.5 Å². The normalized spacial score (nSPS) is 11.9. The summed E-state index contributed by atoms with van der Waals surface area (Å²) in [5, 5.41) is 4.40. The Balaban J connectivity index is 2.49. The van der Waals surface area contributed by atoms with Gasteiger partial charge in [-0.05, 0) is 13.3 Å². The number of alkyl halides is 1. The fourth-order valence-electron chi connectivity index (χ4n) is 1.03. The molecular weight excluding hydrogens is 284 g/mol. The molecule has 0 aliphatic heterocycles. The van der Waals surface area contributed by atoms with Gasteiger partial charge < -0.3 is 4.52 Å². The number of nitrogens with one attached hydrogen (secondary N) is 1. The number of nitrogens with zero attached hydrogens (tertiary/aromatic N) is 1. The van der Waals surface area contributed by atoms with Gasteiger partial charge in [0, 0.05) is 17.9 Å². The average Bonchev–Trinajstić information content (AvgIpc) is 2.50. The average molecular weight is 297 g/mol. The van der Waals surface area contributed by atoms with Crippen LogP contribution in [0.1, 0.15) is 17.9 Å². The summed E-state index contributed by atoms with van der Waals surface area (Å²) in [6, 6.07) is 1.61. The van der Waals surface area contributed by atoms with E-state index in [1.807, 2.05) is 0 Å². The first-order chi connectivity index (χ1) is 7.03. The molecular formula is C8H13BrN2O3S. The largest absolute Gasteiger partial charge is 0.361 e. The lowest BCUT2D eigenvalue weighted by molar-refractivity contribution is 0.392. The Morgan fingerprint density at radius 3 is 2.87 bits per heavy atom. The summed E-state index contributed by atoms with van der Waals surface area (Å²) in [7, 11) is -3.29. The maximum Gasteiger partial charge on any atom is 0.217 e. The van der Waals surface area contributed by atoms with Crippen LogP contribution in [-0.4, -0.2) is 25.4 Å². The quantitative estimate of drug-likeness (QED) is 0.632. The van der Waals surface area contributed by atoms with Crippen LogP contribution in [0.4, 0.5) is 0 Å². The van der Waals surface area contributed by atoms with Crippen LogP contribution in [0.5, 0.6) is 0 Å². The Bertz CT molecular complexity index is 402. The molecule has 0 aliphatic carbocycles. The topological polar surface area (TPSA) is 72.2 Å². The zero-order valence-corrected chi connectivity index (χ0v) is 10.8. The van der Waals surface area contributed by atoms with Gasteiger partial charge in [-0.15, -0.1) is 0 Å². The highest BCUT2D eigenvalue weighted by molar-refractivity contribution is 9.09. The van der Waals surface area contributed by atoms with E-state index in [0.29, 0.717) is 18.0 Å². The standard InChI is InChI=1S/C8H13BrN2O3S/c1-7-5-8(11-14-7)6-15(12,13)10-4-2-3-9/h5,10H,2-4,6H2,1H3. The second-order valence-electron chi connectivity index (χ2n) is 3.12. The van der Waals surface area contributed by atoms with Gasteiger partial charge in [0.25, 0.3) is 0 Å². The van der Waals surface area contributed by atoms with E-state index in [1.165, 1.54) is 0 Å². The van der Waals surface area contributed by atoms with Crippen LogP contribution in [0.2, 0.25) is 0 Å². The van der Waals surface area contributed by atoms with Crippen LogP contribution in [0, 0.1) is 6.92 Å². The molecule has 1 aromatic heterocycles. The summed E-state index contributed by atoms with van der Waals surface area (Å²) in [6.45, 7) is 2.16. The molecule has 0 bridgehead atoms. The van der Waals surface area contributed by atoms with Crippen LogP contribution < -0.4 is 4.72 Å². The van der Waals surface area contributed by atoms with E-state index in [0.717, 1.165) is 11.8 Å². The number of aryl methyl sites for hydroxylation is 1. The predicted octanol–water partition coefficient (Wildman–Crippen LogP) is 1.19. The van der Waals surface area contributed by atoms with Gasteiger partial charge in [0.05, 0.1) is 0 Å². The fourth-order valence-corrected chi connectivity index (χ4v) is 2.39. The molecule has 0 saturated heterocycles. The van der Waals surface area contributed by atoms with E-state index in [-0.39, 0.29) is 5.75 Å². The monoisotopic (exact) mass is 296 g/mol. The molecule has 0 fully saturated rings. The minimum absolute atomic E-state index is 0.132. The van der Waals surface area contributed by atoms with Crippen molar-refractivity contribution in [2.45, 2.75) is 19.1 Å². The highest BCUT2D eigenvalue weighted by atomic mass is 79.9. The molecule has 15 heavy (non-hydrogen) atoms. The smallest absolute Gasteiger partial charge is 0.217 e. The third-order valence-electron chi connectivity index (χ3n) is 1.65. The van der Waals surface area contributed by atoms with Gasteiger partial charge in [0.15, 0.2) is 0 Å². The lowest BCUT2D eigenvalue weighted by Crippen LogP contribution is -2.26. The summed E-state index contributed by atoms with van der Waals surface area (Å²) in [5.74, 6) is 0.479. The van der Waals surface area contributed by atoms with Gasteiger partial charge >= 0.3 is 0 Å². The highest BCUT2D eigenvalue weighted by Gasteiger charge is 2.13. The van der Waals surface area contributed by atoms with Gasteiger partial charge in [0.1, 0.15) is 17.2 Å². The molecule has 0 radical (unpaired) electrons. The number of rotatable bonds is 6. The van der Waals surface area contributed by atoms with Gasteiger partial charge in [-0.2, -0.15) is 0 Å². The number of hydrogen-bond donors (Lipinski definition) is 1. The predicted molar refractivity (Wildman–Crippen MR) is 60.3 cm³/mol. The first-order valence-electron chi connectivity index (χ1n) is 4.49. The number of aromatic nitrogens is 1. The Hall–Kier alpha value is -0.400. The molecule has 1 rings (SSSR count). The van der Waals surface area contributed by atoms with Crippen molar-refractivity contribution in [2.75, 3.05) is 11.9 Å². The van der Waals surface area contributed by atoms with Crippen molar-refractivity contribution in [3.8, 4) is 0 Å². The number of hydrogen-bond acceptors (Lipinski definition) is 4. The molecule has 0 unspecified atom stereocenters. The van der Waals surface area contributed by atoms with Crippen LogP contribution >= 0.6 is 15.9 Å². The first-order valence-corrected chi connectivity index (χ1v) is 7.26. The van der Waals surface area contributed by atoms with Crippen LogP contribution in [-0.2, 0) is 15.8 Å². The molecule has 1 heterocycles. The molecule has 7 heteroatoms. The Morgan fingerprint density at radius 1 is 1.60 bits per heavy atom. The molecule has 1 N–H and O–H groups in total. The maximum atomic E-state index is 11.5. The lowest BCUT2D eigenvalue weighted by atomic mass is 10.4. The Morgan fingerprint density at radius 2 is 2.33 bits per heavy atom. The highest BCUT2D eigenvalue weighted by Crippen LogP contribution is 2.05. The summed E-state index contributed by atoms with van der Waals surface area (Å²) in [5.41, 5.74) is 0.429. The Labute approximate surface area is 97.4 Å². The molecule has 0 amide bonds. The van der Waals surface area contributed by atoms with E-state index in [1.54, 1.807) is 13.0 Å². The van der Waals surface area contributed by atoms with Crippen LogP contribution in [0.25, 0.3) is 0 Å². The molecule has 0 aliphatic rings. The van der Waals surface area contributed by atoms with E-state index >= 15 is 0 Å². The third-order valence-corrected chi connectivity index (χ3v) is 3.53. The zero-order valence-electron chi connectivity index (χ0n) is 8.36. The minimum Gasteiger partial charge on any atom is -0.361 e. The van der Waals surface area contributed by atoms with Crippen molar-refractivity contribution >= 4 is 26.0 Å². The van der Waals surface area contributed by atoms with Crippen LogP contribution in [0.3, 0.4) is 0 Å². The molecule has 0 atom stereocenters. The second kappa shape index (κ2) is 5.62. The molecule has 86 valence electrons. The molecule has 1 aromatic rings. The van der Waals surface area contributed by atoms with Crippen molar-refractivity contribution in [2.24, 2.45) is 0 Å². The zero-order chi connectivity index (χ0) is 11.3. The van der Waals surface area contributed by atoms with E-state index < -0.39 is 10.0 Å². The molecule has 5 nitrogen and oxygen atoms in total. The van der Waals surface area contributed by atoms with E-state index in [4.69, 9.17) is 4.52 Å². The van der Waals surface area contributed by atoms with E-state index in [9.17, 15) is 8.42 Å². The number of sulfonamides is 1. The van der Waals surface area contributed by atoms with Gasteiger partial charge in [-0.25, -0.2) is 13.1 Å². The summed E-state index contributed by atoms with van der Waals surface area (Å²) in [4.78, 5) is 0. The van der Waals surface area contributed by atoms with E-state index in [2.05, 4.69) is 25.8 Å². The minimum atomic E-state index is -3.29. The summed E-state index contributed by atoms with van der Waals surface area (Å²) < 4.78 is 30.2. The van der Waals surface area contributed by atoms with Gasteiger partial charge in [-0.1, -0.05) is 21.1 Å². The maximum absolute atomic E-state index is 11.5. The SMILES string of the molecule is Cc1cc(CS(=O)(=O)NCCCBr)no1. The first kappa shape index (κ1) is 12.7. The second-order valence-corrected chi connectivity index (χ2v) is 5.72. The molecule has 0 spiro atoms. The number of halogens is 1.